The molecule has 28 heavy (non-hydrogen) atoms. The summed E-state index contributed by atoms with van der Waals surface area (Å²) in [5.74, 6) is -1.15. The second-order valence-corrected chi connectivity index (χ2v) is 7.79. The fourth-order valence-electron chi connectivity index (χ4n) is 3.30. The SMILES string of the molecule is Cc1nc2cc(N3CC(C(=O)Nc4ccccc4[N+](=O)[O-])CC3=O)ccc2s1. The molecule has 1 unspecified atom stereocenters. The van der Waals surface area contributed by atoms with Crippen LogP contribution in [-0.4, -0.2) is 28.3 Å². The van der Waals surface area contributed by atoms with E-state index in [2.05, 4.69) is 10.3 Å². The van der Waals surface area contributed by atoms with Gasteiger partial charge in [0, 0.05) is 24.7 Å². The number of aromatic nitrogens is 1. The van der Waals surface area contributed by atoms with Crippen LogP contribution in [0.3, 0.4) is 0 Å². The molecule has 0 saturated carbocycles. The number of nitrogens with one attached hydrogen (secondary N) is 1. The summed E-state index contributed by atoms with van der Waals surface area (Å²) in [5, 5.41) is 14.6. The largest absolute Gasteiger partial charge is 0.320 e. The van der Waals surface area contributed by atoms with Gasteiger partial charge in [-0.1, -0.05) is 12.1 Å². The Hall–Kier alpha value is -3.33. The van der Waals surface area contributed by atoms with Crippen molar-refractivity contribution in [2.75, 3.05) is 16.8 Å². The number of para-hydroxylation sites is 2. The van der Waals surface area contributed by atoms with Crippen molar-refractivity contribution in [1.82, 2.24) is 4.98 Å². The minimum atomic E-state index is -0.583. The minimum Gasteiger partial charge on any atom is -0.320 e. The summed E-state index contributed by atoms with van der Waals surface area (Å²) < 4.78 is 1.04. The van der Waals surface area contributed by atoms with Crippen LogP contribution in [0.15, 0.2) is 42.5 Å². The molecule has 2 amide bonds. The number of carbonyl (C=O) groups excluding carboxylic acids is 2. The van der Waals surface area contributed by atoms with Crippen LogP contribution in [0.5, 0.6) is 0 Å². The number of anilines is 2. The van der Waals surface area contributed by atoms with Crippen molar-refractivity contribution in [2.24, 2.45) is 5.92 Å². The van der Waals surface area contributed by atoms with Gasteiger partial charge in [-0.3, -0.25) is 19.7 Å². The number of carbonyl (C=O) groups is 2. The van der Waals surface area contributed by atoms with E-state index < -0.39 is 16.7 Å². The zero-order chi connectivity index (χ0) is 19.8. The molecule has 0 spiro atoms. The summed E-state index contributed by atoms with van der Waals surface area (Å²) >= 11 is 1.58. The van der Waals surface area contributed by atoms with Crippen LogP contribution >= 0.6 is 11.3 Å². The molecule has 1 atom stereocenters. The maximum atomic E-state index is 12.6. The van der Waals surface area contributed by atoms with E-state index in [9.17, 15) is 19.7 Å². The van der Waals surface area contributed by atoms with Crippen LogP contribution in [0.2, 0.25) is 0 Å². The highest BCUT2D eigenvalue weighted by Gasteiger charge is 2.36. The Balaban J connectivity index is 1.52. The Morgan fingerprint density at radius 2 is 2.11 bits per heavy atom. The third-order valence-electron chi connectivity index (χ3n) is 4.64. The van der Waals surface area contributed by atoms with Gasteiger partial charge < -0.3 is 10.2 Å². The number of fused-ring (bicyclic) bond motifs is 1. The maximum Gasteiger partial charge on any atom is 0.292 e. The quantitative estimate of drug-likeness (QED) is 0.537. The molecule has 0 bridgehead atoms. The van der Waals surface area contributed by atoms with Gasteiger partial charge in [-0.2, -0.15) is 0 Å². The number of hydrogen-bond donors (Lipinski definition) is 1. The van der Waals surface area contributed by atoms with Gasteiger partial charge in [0.15, 0.2) is 0 Å². The first-order valence-corrected chi connectivity index (χ1v) is 9.46. The summed E-state index contributed by atoms with van der Waals surface area (Å²) in [5.41, 5.74) is 1.47. The number of aryl methyl sites for hydroxylation is 1. The van der Waals surface area contributed by atoms with Crippen molar-refractivity contribution in [3.05, 3.63) is 57.6 Å². The molecule has 9 heteroatoms. The molecule has 1 aliphatic heterocycles. The van der Waals surface area contributed by atoms with E-state index in [1.165, 1.54) is 18.2 Å². The molecule has 0 aliphatic carbocycles. The second kappa shape index (κ2) is 7.01. The molecule has 0 radical (unpaired) electrons. The third kappa shape index (κ3) is 3.31. The van der Waals surface area contributed by atoms with Gasteiger partial charge in [0.2, 0.25) is 11.8 Å². The summed E-state index contributed by atoms with van der Waals surface area (Å²) in [6.45, 7) is 2.15. The lowest BCUT2D eigenvalue weighted by Crippen LogP contribution is -2.28. The van der Waals surface area contributed by atoms with Gasteiger partial charge in [-0.05, 0) is 31.2 Å². The van der Waals surface area contributed by atoms with Gasteiger partial charge >= 0.3 is 0 Å². The van der Waals surface area contributed by atoms with Crippen molar-refractivity contribution in [3.8, 4) is 0 Å². The van der Waals surface area contributed by atoms with Gasteiger partial charge in [-0.15, -0.1) is 11.3 Å². The van der Waals surface area contributed by atoms with E-state index >= 15 is 0 Å². The standard InChI is InChI=1S/C19H16N4O4S/c1-11-20-15-9-13(6-7-17(15)28-11)22-10-12(8-18(22)24)19(25)21-14-4-2-3-5-16(14)23(26)27/h2-7,9,12H,8,10H2,1H3,(H,21,25). The van der Waals surface area contributed by atoms with Crippen LogP contribution in [0, 0.1) is 23.0 Å². The van der Waals surface area contributed by atoms with Gasteiger partial charge in [0.1, 0.15) is 5.69 Å². The summed E-state index contributed by atoms with van der Waals surface area (Å²) in [6, 6.07) is 11.6. The average Bonchev–Trinajstić information content (AvgIpc) is 3.23. The zero-order valence-electron chi connectivity index (χ0n) is 14.9. The molecule has 1 aliphatic rings. The Morgan fingerprint density at radius 3 is 2.89 bits per heavy atom. The van der Waals surface area contributed by atoms with Crippen molar-refractivity contribution in [2.45, 2.75) is 13.3 Å². The van der Waals surface area contributed by atoms with Crippen molar-refractivity contribution < 1.29 is 14.5 Å². The number of rotatable bonds is 4. The number of nitro groups is 1. The van der Waals surface area contributed by atoms with E-state index in [-0.39, 0.29) is 30.2 Å². The van der Waals surface area contributed by atoms with E-state index in [1.54, 1.807) is 22.3 Å². The first-order valence-electron chi connectivity index (χ1n) is 8.64. The normalized spacial score (nSPS) is 16.5. The van der Waals surface area contributed by atoms with Crippen LogP contribution in [0.1, 0.15) is 11.4 Å². The summed E-state index contributed by atoms with van der Waals surface area (Å²) in [6.07, 6.45) is 0.0561. The van der Waals surface area contributed by atoms with Crippen molar-refractivity contribution >= 4 is 50.4 Å². The minimum absolute atomic E-state index is 0.0561. The number of thiazole rings is 1. The first-order chi connectivity index (χ1) is 13.4. The predicted octanol–water partition coefficient (Wildman–Crippen LogP) is 3.50. The van der Waals surface area contributed by atoms with Crippen LogP contribution in [-0.2, 0) is 9.59 Å². The Bertz CT molecular complexity index is 1110. The van der Waals surface area contributed by atoms with Gasteiger partial charge in [-0.25, -0.2) is 4.98 Å². The molecule has 2 aromatic carbocycles. The predicted molar refractivity (Wildman–Crippen MR) is 107 cm³/mol. The third-order valence-corrected chi connectivity index (χ3v) is 5.60. The Labute approximate surface area is 163 Å². The molecular weight excluding hydrogens is 380 g/mol. The van der Waals surface area contributed by atoms with Gasteiger partial charge in [0.25, 0.3) is 5.69 Å². The lowest BCUT2D eigenvalue weighted by molar-refractivity contribution is -0.383. The maximum absolute atomic E-state index is 12.6. The Morgan fingerprint density at radius 1 is 1.32 bits per heavy atom. The highest BCUT2D eigenvalue weighted by atomic mass is 32.1. The number of benzene rings is 2. The molecule has 2 heterocycles. The highest BCUT2D eigenvalue weighted by Crippen LogP contribution is 2.31. The van der Waals surface area contributed by atoms with Gasteiger partial charge in [0.05, 0.1) is 26.1 Å². The second-order valence-electron chi connectivity index (χ2n) is 6.55. The molecule has 1 aromatic heterocycles. The number of nitrogens with zero attached hydrogens (tertiary/aromatic N) is 3. The molecule has 1 saturated heterocycles. The fraction of sp³-hybridized carbons (Fsp3) is 0.211. The number of amides is 2. The molecule has 4 rings (SSSR count). The lowest BCUT2D eigenvalue weighted by Gasteiger charge is -2.16. The molecule has 1 N–H and O–H groups in total. The lowest BCUT2D eigenvalue weighted by atomic mass is 10.1. The smallest absolute Gasteiger partial charge is 0.292 e. The van der Waals surface area contributed by atoms with E-state index in [0.717, 1.165) is 15.2 Å². The average molecular weight is 396 g/mol. The number of nitro benzene ring substituents is 1. The van der Waals surface area contributed by atoms with Crippen LogP contribution in [0.25, 0.3) is 10.2 Å². The van der Waals surface area contributed by atoms with E-state index in [0.29, 0.717) is 5.69 Å². The topological polar surface area (TPSA) is 105 Å². The monoisotopic (exact) mass is 396 g/mol. The summed E-state index contributed by atoms with van der Waals surface area (Å²) in [4.78, 5) is 41.7. The molecule has 1 fully saturated rings. The van der Waals surface area contributed by atoms with Crippen LogP contribution in [0.4, 0.5) is 17.1 Å². The Kier molecular flexibility index (Phi) is 4.52. The molecular formula is C19H16N4O4S. The molecule has 8 nitrogen and oxygen atoms in total. The van der Waals surface area contributed by atoms with E-state index in [4.69, 9.17) is 0 Å². The van der Waals surface area contributed by atoms with Crippen molar-refractivity contribution in [3.63, 3.8) is 0 Å². The zero-order valence-corrected chi connectivity index (χ0v) is 15.7. The number of hydrogen-bond acceptors (Lipinski definition) is 6. The summed E-state index contributed by atoms with van der Waals surface area (Å²) in [7, 11) is 0. The van der Waals surface area contributed by atoms with Crippen LogP contribution < -0.4 is 10.2 Å². The molecule has 142 valence electrons. The highest BCUT2D eigenvalue weighted by molar-refractivity contribution is 7.18. The molecule has 3 aromatic rings. The first kappa shape index (κ1) is 18.1. The van der Waals surface area contributed by atoms with Crippen molar-refractivity contribution in [1.29, 1.82) is 0 Å². The fourth-order valence-corrected chi connectivity index (χ4v) is 4.11. The van der Waals surface area contributed by atoms with E-state index in [1.807, 2.05) is 25.1 Å².